The summed E-state index contributed by atoms with van der Waals surface area (Å²) in [5.41, 5.74) is 0. The number of carbonyl (C=O) groups is 1. The van der Waals surface area contributed by atoms with E-state index in [0.29, 0.717) is 26.1 Å². The van der Waals surface area contributed by atoms with Gasteiger partial charge >= 0.3 is 0 Å². The zero-order valence-electron chi connectivity index (χ0n) is 19.5. The van der Waals surface area contributed by atoms with Crippen molar-refractivity contribution >= 4 is 16.0 Å². The van der Waals surface area contributed by atoms with E-state index in [4.69, 9.17) is 19.9 Å². The standard InChI is InChI=1S/C15H31NO4S.C6H15NO3/c1-3-4-5-6-7-8-9-10-11-12-15(17)16(2)13-14-21(18,19)20;8-4-1-7(2-5-9)3-6-10/h3-14H2,1-2H3,(H,18,19,20);8-10H,1-6H2. The first kappa shape index (κ1) is 32.4. The molecule has 0 heterocycles. The fourth-order valence-corrected chi connectivity index (χ4v) is 3.42. The average molecular weight is 471 g/mol. The van der Waals surface area contributed by atoms with Crippen molar-refractivity contribution in [3.05, 3.63) is 0 Å². The van der Waals surface area contributed by atoms with Gasteiger partial charge in [-0.2, -0.15) is 8.42 Å². The zero-order valence-corrected chi connectivity index (χ0v) is 20.4. The van der Waals surface area contributed by atoms with Crippen LogP contribution in [0.3, 0.4) is 0 Å². The predicted octanol–water partition coefficient (Wildman–Crippen LogP) is 1.52. The molecule has 0 saturated heterocycles. The second-order valence-corrected chi connectivity index (χ2v) is 9.26. The van der Waals surface area contributed by atoms with Crippen LogP contribution in [0.1, 0.15) is 71.1 Å². The molecule has 0 aromatic rings. The Morgan fingerprint density at radius 1 is 0.742 bits per heavy atom. The molecule has 0 aliphatic rings. The lowest BCUT2D eigenvalue weighted by Crippen LogP contribution is -2.32. The summed E-state index contributed by atoms with van der Waals surface area (Å²) in [6.45, 7) is 4.02. The molecule has 10 heteroatoms. The largest absolute Gasteiger partial charge is 0.395 e. The Morgan fingerprint density at radius 2 is 1.16 bits per heavy atom. The smallest absolute Gasteiger partial charge is 0.266 e. The Hall–Kier alpha value is -0.780. The van der Waals surface area contributed by atoms with Gasteiger partial charge in [-0.3, -0.25) is 14.2 Å². The second-order valence-electron chi connectivity index (χ2n) is 7.69. The molecule has 0 fully saturated rings. The monoisotopic (exact) mass is 470 g/mol. The number of aliphatic hydroxyl groups excluding tert-OH is 3. The molecule has 0 aromatic heterocycles. The summed E-state index contributed by atoms with van der Waals surface area (Å²) in [6.07, 6.45) is 11.3. The number of hydrogen-bond donors (Lipinski definition) is 4. The van der Waals surface area contributed by atoms with Gasteiger partial charge in [-0.15, -0.1) is 0 Å². The third kappa shape index (κ3) is 25.4. The van der Waals surface area contributed by atoms with Gasteiger partial charge in [0.25, 0.3) is 10.1 Å². The molecular formula is C21H46N2O7S. The van der Waals surface area contributed by atoms with Crippen LogP contribution in [0.25, 0.3) is 0 Å². The number of amides is 1. The van der Waals surface area contributed by atoms with Crippen LogP contribution in [0.4, 0.5) is 0 Å². The van der Waals surface area contributed by atoms with Crippen molar-refractivity contribution in [2.45, 2.75) is 71.1 Å². The highest BCUT2D eigenvalue weighted by Gasteiger charge is 2.12. The van der Waals surface area contributed by atoms with Gasteiger partial charge in [-0.25, -0.2) is 0 Å². The molecule has 0 aromatic carbocycles. The van der Waals surface area contributed by atoms with Crippen LogP contribution < -0.4 is 0 Å². The van der Waals surface area contributed by atoms with Crippen LogP contribution in [-0.2, 0) is 14.9 Å². The minimum Gasteiger partial charge on any atom is -0.395 e. The van der Waals surface area contributed by atoms with E-state index in [2.05, 4.69) is 6.92 Å². The van der Waals surface area contributed by atoms with Gasteiger partial charge in [0.2, 0.25) is 5.91 Å². The van der Waals surface area contributed by atoms with Gasteiger partial charge in [0, 0.05) is 39.6 Å². The number of unbranched alkanes of at least 4 members (excludes halogenated alkanes) is 8. The lowest BCUT2D eigenvalue weighted by molar-refractivity contribution is -0.129. The van der Waals surface area contributed by atoms with E-state index in [-0.39, 0.29) is 32.3 Å². The van der Waals surface area contributed by atoms with Crippen LogP contribution in [0, 0.1) is 0 Å². The Kier molecular flexibility index (Phi) is 23.4. The maximum absolute atomic E-state index is 11.7. The van der Waals surface area contributed by atoms with Crippen molar-refractivity contribution in [3.8, 4) is 0 Å². The normalized spacial score (nSPS) is 11.3. The number of carbonyl (C=O) groups excluding carboxylic acids is 1. The van der Waals surface area contributed by atoms with Crippen molar-refractivity contribution in [1.29, 1.82) is 0 Å². The first-order valence-corrected chi connectivity index (χ1v) is 13.1. The lowest BCUT2D eigenvalue weighted by Gasteiger charge is -2.17. The molecule has 0 unspecified atom stereocenters. The van der Waals surface area contributed by atoms with Crippen LogP contribution in [-0.4, -0.2) is 103 Å². The first-order valence-electron chi connectivity index (χ1n) is 11.5. The second kappa shape index (κ2) is 22.4. The van der Waals surface area contributed by atoms with Gasteiger partial charge in [0.05, 0.1) is 25.6 Å². The van der Waals surface area contributed by atoms with Crippen LogP contribution in [0.2, 0.25) is 0 Å². The molecule has 9 nitrogen and oxygen atoms in total. The summed E-state index contributed by atoms with van der Waals surface area (Å²) < 4.78 is 29.8. The van der Waals surface area contributed by atoms with Crippen LogP contribution >= 0.6 is 0 Å². The van der Waals surface area contributed by atoms with Crippen LogP contribution in [0.15, 0.2) is 0 Å². The number of aliphatic hydroxyl groups is 3. The van der Waals surface area contributed by atoms with Crippen LogP contribution in [0.5, 0.6) is 0 Å². The van der Waals surface area contributed by atoms with Gasteiger partial charge in [-0.1, -0.05) is 58.3 Å². The summed E-state index contributed by atoms with van der Waals surface area (Å²) in [5.74, 6) is -0.450. The minimum absolute atomic E-state index is 0.0507. The molecule has 0 rings (SSSR count). The van der Waals surface area contributed by atoms with Crippen molar-refractivity contribution in [1.82, 2.24) is 9.80 Å². The van der Waals surface area contributed by atoms with Gasteiger partial charge < -0.3 is 20.2 Å². The Labute approximate surface area is 189 Å². The van der Waals surface area contributed by atoms with E-state index in [0.717, 1.165) is 19.3 Å². The summed E-state index contributed by atoms with van der Waals surface area (Å²) in [5, 5.41) is 25.5. The number of hydrogen-bond acceptors (Lipinski definition) is 7. The summed E-state index contributed by atoms with van der Waals surface area (Å²) in [6, 6.07) is 0. The van der Waals surface area contributed by atoms with Crippen molar-refractivity contribution in [3.63, 3.8) is 0 Å². The Morgan fingerprint density at radius 3 is 1.55 bits per heavy atom. The highest BCUT2D eigenvalue weighted by Crippen LogP contribution is 2.11. The molecule has 0 atom stereocenters. The van der Waals surface area contributed by atoms with Crippen molar-refractivity contribution in [2.24, 2.45) is 0 Å². The van der Waals surface area contributed by atoms with E-state index in [1.165, 1.54) is 43.4 Å². The zero-order chi connectivity index (χ0) is 24.0. The molecule has 1 amide bonds. The first-order chi connectivity index (χ1) is 14.7. The number of nitrogens with zero attached hydrogens (tertiary/aromatic N) is 2. The van der Waals surface area contributed by atoms with E-state index >= 15 is 0 Å². The maximum Gasteiger partial charge on any atom is 0.266 e. The quantitative estimate of drug-likeness (QED) is 0.165. The van der Waals surface area contributed by atoms with E-state index < -0.39 is 15.9 Å². The molecule has 4 N–H and O–H groups in total. The van der Waals surface area contributed by atoms with E-state index in [1.54, 1.807) is 11.9 Å². The molecular weight excluding hydrogens is 424 g/mol. The summed E-state index contributed by atoms with van der Waals surface area (Å²) in [7, 11) is -2.42. The topological polar surface area (TPSA) is 139 Å². The third-order valence-corrected chi connectivity index (χ3v) is 5.55. The third-order valence-electron chi connectivity index (χ3n) is 4.85. The molecule has 0 bridgehead atoms. The van der Waals surface area contributed by atoms with E-state index in [9.17, 15) is 13.2 Å². The predicted molar refractivity (Wildman–Crippen MR) is 124 cm³/mol. The molecule has 0 radical (unpaired) electrons. The minimum atomic E-state index is -3.99. The maximum atomic E-state index is 11.7. The lowest BCUT2D eigenvalue weighted by atomic mass is 10.1. The molecule has 0 aliphatic carbocycles. The van der Waals surface area contributed by atoms with Crippen molar-refractivity contribution in [2.75, 3.05) is 58.8 Å². The molecule has 0 spiro atoms. The fourth-order valence-electron chi connectivity index (χ4n) is 2.91. The average Bonchev–Trinajstić information content (AvgIpc) is 2.71. The van der Waals surface area contributed by atoms with Gasteiger partial charge in [-0.05, 0) is 6.42 Å². The Balaban J connectivity index is 0. The fraction of sp³-hybridized carbons (Fsp3) is 0.952. The SMILES string of the molecule is CCCCCCCCCCCC(=O)N(C)CCS(=O)(=O)O.OCCN(CCO)CCO. The van der Waals surface area contributed by atoms with Gasteiger partial charge in [0.15, 0.2) is 0 Å². The molecule has 0 aliphatic heterocycles. The summed E-state index contributed by atoms with van der Waals surface area (Å²) in [4.78, 5) is 14.9. The highest BCUT2D eigenvalue weighted by atomic mass is 32.2. The molecule has 188 valence electrons. The summed E-state index contributed by atoms with van der Waals surface area (Å²) >= 11 is 0. The molecule has 31 heavy (non-hydrogen) atoms. The highest BCUT2D eigenvalue weighted by molar-refractivity contribution is 7.85. The van der Waals surface area contributed by atoms with Crippen molar-refractivity contribution < 1.29 is 33.1 Å². The number of rotatable bonds is 19. The van der Waals surface area contributed by atoms with E-state index in [1.807, 2.05) is 0 Å². The van der Waals surface area contributed by atoms with Gasteiger partial charge in [0.1, 0.15) is 0 Å². The molecule has 0 saturated carbocycles. The Bertz CT molecular complexity index is 490.